The van der Waals surface area contributed by atoms with E-state index in [4.69, 9.17) is 10.3 Å². The topological polar surface area (TPSA) is 95.7 Å². The molecule has 2 N–H and O–H groups in total. The van der Waals surface area contributed by atoms with Gasteiger partial charge in [-0.2, -0.15) is 23.3 Å². The number of halogens is 3. The van der Waals surface area contributed by atoms with Gasteiger partial charge in [-0.05, 0) is 12.8 Å². The molecule has 0 unspecified atom stereocenters. The van der Waals surface area contributed by atoms with E-state index < -0.39 is 11.6 Å². The summed E-state index contributed by atoms with van der Waals surface area (Å²) in [5.41, 5.74) is 3.53. The number of nitrogens with zero attached hydrogens (tertiary/aromatic N) is 5. The minimum atomic E-state index is -4.39. The van der Waals surface area contributed by atoms with Crippen molar-refractivity contribution in [3.8, 4) is 0 Å². The number of hydrogen-bond donors (Lipinski definition) is 1. The van der Waals surface area contributed by atoms with Crippen molar-refractivity contribution in [3.05, 3.63) is 18.0 Å². The van der Waals surface area contributed by atoms with E-state index in [1.807, 2.05) is 0 Å². The van der Waals surface area contributed by atoms with E-state index in [1.54, 1.807) is 0 Å². The Kier molecular flexibility index (Phi) is 3.10. The molecule has 0 atom stereocenters. The zero-order valence-electron chi connectivity index (χ0n) is 11.0. The van der Waals surface area contributed by atoms with Crippen LogP contribution in [0.2, 0.25) is 0 Å². The summed E-state index contributed by atoms with van der Waals surface area (Å²) in [6, 6.07) is 0. The van der Waals surface area contributed by atoms with E-state index >= 15 is 0 Å². The Morgan fingerprint density at radius 2 is 2.05 bits per heavy atom. The molecule has 0 saturated heterocycles. The van der Waals surface area contributed by atoms with Crippen LogP contribution in [0.3, 0.4) is 0 Å². The van der Waals surface area contributed by atoms with Crippen LogP contribution in [0.1, 0.15) is 37.4 Å². The van der Waals surface area contributed by atoms with Gasteiger partial charge in [-0.25, -0.2) is 9.67 Å². The molecule has 0 aliphatic heterocycles. The van der Waals surface area contributed by atoms with E-state index in [2.05, 4.69) is 20.2 Å². The van der Waals surface area contributed by atoms with Gasteiger partial charge in [0.1, 0.15) is 18.3 Å². The Morgan fingerprint density at radius 3 is 2.62 bits per heavy atom. The highest BCUT2D eigenvalue weighted by Gasteiger charge is 2.59. The Hall–Kier alpha value is -2.13. The van der Waals surface area contributed by atoms with Crippen molar-refractivity contribution in [2.24, 2.45) is 0 Å². The largest absolute Gasteiger partial charge is 0.401 e. The third kappa shape index (κ3) is 2.24. The molecule has 1 saturated carbocycles. The number of alkyl halides is 3. The molecular formula is C11H13F3N6O. The molecule has 0 bridgehead atoms. The first-order valence-electron chi connectivity index (χ1n) is 6.45. The highest BCUT2D eigenvalue weighted by molar-refractivity contribution is 5.16. The van der Waals surface area contributed by atoms with Gasteiger partial charge < -0.3 is 10.3 Å². The lowest BCUT2D eigenvalue weighted by atomic mass is 9.84. The lowest BCUT2D eigenvalue weighted by Crippen LogP contribution is -2.40. The van der Waals surface area contributed by atoms with Gasteiger partial charge >= 0.3 is 6.18 Å². The maximum atomic E-state index is 13.4. The number of nitrogen functional groups attached to an aromatic ring is 1. The molecule has 0 aromatic carbocycles. The third-order valence-electron chi connectivity index (χ3n) is 3.83. The molecule has 1 aliphatic rings. The molecule has 1 fully saturated rings. The molecule has 7 nitrogen and oxygen atoms in total. The van der Waals surface area contributed by atoms with E-state index in [1.165, 1.54) is 11.0 Å². The van der Waals surface area contributed by atoms with Crippen LogP contribution in [0, 0.1) is 0 Å². The van der Waals surface area contributed by atoms with Gasteiger partial charge in [0.25, 0.3) is 0 Å². The molecule has 114 valence electrons. The molecule has 0 spiro atoms. The zero-order chi connectivity index (χ0) is 15.1. The number of hydrogen-bond acceptors (Lipinski definition) is 6. The van der Waals surface area contributed by atoms with E-state index in [9.17, 15) is 13.2 Å². The van der Waals surface area contributed by atoms with Gasteiger partial charge in [-0.1, -0.05) is 18.0 Å². The van der Waals surface area contributed by atoms with Crippen LogP contribution < -0.4 is 5.73 Å². The minimum absolute atomic E-state index is 0.00717. The summed E-state index contributed by atoms with van der Waals surface area (Å²) in [4.78, 5) is 7.61. The Balaban J connectivity index is 1.88. The second-order valence-electron chi connectivity index (χ2n) is 5.07. The molecule has 0 radical (unpaired) electrons. The van der Waals surface area contributed by atoms with Gasteiger partial charge in [-0.15, -0.1) is 0 Å². The first kappa shape index (κ1) is 13.8. The monoisotopic (exact) mass is 302 g/mol. The summed E-state index contributed by atoms with van der Waals surface area (Å²) >= 11 is 0. The van der Waals surface area contributed by atoms with E-state index in [0.717, 1.165) is 0 Å². The van der Waals surface area contributed by atoms with Crippen molar-refractivity contribution in [1.29, 1.82) is 0 Å². The molecule has 21 heavy (non-hydrogen) atoms. The molecule has 2 aromatic rings. The van der Waals surface area contributed by atoms with Crippen LogP contribution in [0.15, 0.2) is 10.9 Å². The number of nitrogens with two attached hydrogens (primary N) is 1. The van der Waals surface area contributed by atoms with Crippen molar-refractivity contribution >= 4 is 5.95 Å². The van der Waals surface area contributed by atoms with Crippen molar-refractivity contribution in [2.75, 3.05) is 5.73 Å². The maximum absolute atomic E-state index is 13.4. The molecule has 0 amide bonds. The first-order valence-corrected chi connectivity index (χ1v) is 6.45. The second kappa shape index (κ2) is 4.71. The average molecular weight is 302 g/mol. The molecular weight excluding hydrogens is 289 g/mol. The normalized spacial score (nSPS) is 18.2. The molecule has 3 rings (SSSR count). The fourth-order valence-corrected chi connectivity index (χ4v) is 2.65. The summed E-state index contributed by atoms with van der Waals surface area (Å²) in [5, 5.41) is 7.35. The fourth-order valence-electron chi connectivity index (χ4n) is 2.65. The third-order valence-corrected chi connectivity index (χ3v) is 3.83. The summed E-state index contributed by atoms with van der Waals surface area (Å²) in [6.07, 6.45) is -2.18. The molecule has 10 heteroatoms. The van der Waals surface area contributed by atoms with Crippen LogP contribution >= 0.6 is 0 Å². The van der Waals surface area contributed by atoms with Gasteiger partial charge in [0.15, 0.2) is 5.82 Å². The number of aromatic nitrogens is 5. The lowest BCUT2D eigenvalue weighted by Gasteiger charge is -2.27. The number of rotatable bonds is 3. The first-order chi connectivity index (χ1) is 9.92. The highest BCUT2D eigenvalue weighted by Crippen LogP contribution is 2.51. The predicted molar refractivity (Wildman–Crippen MR) is 64.0 cm³/mol. The predicted octanol–water partition coefficient (Wildman–Crippen LogP) is 1.67. The SMILES string of the molecule is Nc1ncnn1Cc1nc(C2(C(F)(F)F)CCCC2)no1. The van der Waals surface area contributed by atoms with Crippen LogP contribution in [0.5, 0.6) is 0 Å². The average Bonchev–Trinajstić information content (AvgIpc) is 3.11. The zero-order valence-corrected chi connectivity index (χ0v) is 11.0. The van der Waals surface area contributed by atoms with Crippen molar-refractivity contribution in [2.45, 2.75) is 43.8 Å². The summed E-state index contributed by atoms with van der Waals surface area (Å²) in [6.45, 7) is -0.00717. The Labute approximate surface area is 117 Å². The number of anilines is 1. The van der Waals surface area contributed by atoms with Crippen LogP contribution in [0.4, 0.5) is 19.1 Å². The fraction of sp³-hybridized carbons (Fsp3) is 0.636. The van der Waals surface area contributed by atoms with E-state index in [-0.39, 0.29) is 37.0 Å². The maximum Gasteiger partial charge on any atom is 0.401 e. The highest BCUT2D eigenvalue weighted by atomic mass is 19.4. The smallest absolute Gasteiger partial charge is 0.368 e. The minimum Gasteiger partial charge on any atom is -0.368 e. The molecule has 1 aliphatic carbocycles. The Morgan fingerprint density at radius 1 is 1.33 bits per heavy atom. The Bertz CT molecular complexity index is 628. The van der Waals surface area contributed by atoms with Gasteiger partial charge in [-0.3, -0.25) is 0 Å². The standard InChI is InChI=1S/C11H13F3N6O/c12-11(13,14)10(3-1-2-4-10)8-18-7(21-19-8)5-20-9(15)16-6-17-20/h6H,1-5H2,(H2,15,16,17). The van der Waals surface area contributed by atoms with Crippen molar-refractivity contribution in [1.82, 2.24) is 24.9 Å². The second-order valence-corrected chi connectivity index (χ2v) is 5.07. The van der Waals surface area contributed by atoms with Crippen molar-refractivity contribution in [3.63, 3.8) is 0 Å². The molecule has 2 heterocycles. The molecule has 2 aromatic heterocycles. The summed E-state index contributed by atoms with van der Waals surface area (Å²) < 4.78 is 46.3. The van der Waals surface area contributed by atoms with Crippen LogP contribution in [0.25, 0.3) is 0 Å². The van der Waals surface area contributed by atoms with Crippen LogP contribution in [-0.4, -0.2) is 31.1 Å². The van der Waals surface area contributed by atoms with Crippen LogP contribution in [-0.2, 0) is 12.0 Å². The van der Waals surface area contributed by atoms with Crippen molar-refractivity contribution < 1.29 is 17.7 Å². The van der Waals surface area contributed by atoms with Gasteiger partial charge in [0.2, 0.25) is 11.8 Å². The van der Waals surface area contributed by atoms with E-state index in [0.29, 0.717) is 12.8 Å². The lowest BCUT2D eigenvalue weighted by molar-refractivity contribution is -0.191. The van der Waals surface area contributed by atoms with Gasteiger partial charge in [0, 0.05) is 0 Å². The summed E-state index contributed by atoms with van der Waals surface area (Å²) in [5.74, 6) is -0.153. The quantitative estimate of drug-likeness (QED) is 0.926. The summed E-state index contributed by atoms with van der Waals surface area (Å²) in [7, 11) is 0. The van der Waals surface area contributed by atoms with Gasteiger partial charge in [0.05, 0.1) is 0 Å².